The van der Waals surface area contributed by atoms with Crippen molar-refractivity contribution < 1.29 is 22.4 Å². The number of aldehydes is 1. The summed E-state index contributed by atoms with van der Waals surface area (Å²) in [5.41, 5.74) is -1.20. The minimum atomic E-state index is -4.73. The zero-order valence-electron chi connectivity index (χ0n) is 12.0. The maximum atomic E-state index is 13.2. The van der Waals surface area contributed by atoms with Crippen LogP contribution in [0, 0.1) is 0 Å². The van der Waals surface area contributed by atoms with E-state index in [0.717, 1.165) is 10.9 Å². The summed E-state index contributed by atoms with van der Waals surface area (Å²) < 4.78 is 45.8. The van der Waals surface area contributed by atoms with Crippen LogP contribution >= 0.6 is 0 Å². The fraction of sp³-hybridized carbons (Fsp3) is 0.154. The first kappa shape index (κ1) is 15.6. The summed E-state index contributed by atoms with van der Waals surface area (Å²) >= 11 is 0. The van der Waals surface area contributed by atoms with E-state index in [1.807, 2.05) is 0 Å². The molecule has 0 unspecified atom stereocenters. The van der Waals surface area contributed by atoms with E-state index in [4.69, 9.17) is 4.42 Å². The molecule has 0 aliphatic carbocycles. The second-order valence-corrected chi connectivity index (χ2v) is 4.69. The van der Waals surface area contributed by atoms with Crippen molar-refractivity contribution in [2.75, 3.05) is 0 Å². The molecule has 0 aliphatic heterocycles. The molecule has 3 rings (SSSR count). The smallest absolute Gasteiger partial charge is 0.386 e. The van der Waals surface area contributed by atoms with E-state index in [0.29, 0.717) is 17.0 Å². The van der Waals surface area contributed by atoms with Gasteiger partial charge in [0.25, 0.3) is 5.89 Å². The largest absolute Gasteiger partial charge is 0.437 e. The molecule has 0 fully saturated rings. The van der Waals surface area contributed by atoms with Crippen LogP contribution in [-0.4, -0.2) is 30.8 Å². The monoisotopic (exact) mass is 339 g/mol. The highest BCUT2D eigenvalue weighted by Crippen LogP contribution is 2.33. The average Bonchev–Trinajstić information content (AvgIpc) is 3.12. The van der Waals surface area contributed by atoms with E-state index in [1.165, 1.54) is 19.2 Å². The van der Waals surface area contributed by atoms with Gasteiger partial charge in [-0.1, -0.05) is 0 Å². The van der Waals surface area contributed by atoms with E-state index in [1.54, 1.807) is 0 Å². The second-order valence-electron chi connectivity index (χ2n) is 4.69. The van der Waals surface area contributed by atoms with Crippen molar-refractivity contribution in [1.82, 2.24) is 24.5 Å². The minimum absolute atomic E-state index is 0.155. The number of aromatic nitrogens is 5. The molecule has 8 nitrogen and oxygen atoms in total. The minimum Gasteiger partial charge on any atom is -0.386 e. The first-order valence-corrected chi connectivity index (χ1v) is 6.43. The summed E-state index contributed by atoms with van der Waals surface area (Å²) in [6.07, 6.45) is -3.10. The van der Waals surface area contributed by atoms with Crippen LogP contribution in [-0.2, 0) is 13.2 Å². The molecule has 24 heavy (non-hydrogen) atoms. The molecule has 3 aromatic heterocycles. The molecule has 0 aromatic carbocycles. The maximum Gasteiger partial charge on any atom is 0.437 e. The third kappa shape index (κ3) is 2.71. The first-order chi connectivity index (χ1) is 11.3. The Morgan fingerprint density at radius 3 is 2.50 bits per heavy atom. The average molecular weight is 339 g/mol. The number of rotatable bonds is 3. The van der Waals surface area contributed by atoms with Gasteiger partial charge in [0.05, 0.1) is 0 Å². The van der Waals surface area contributed by atoms with Crippen LogP contribution in [0.1, 0.15) is 16.1 Å². The quantitative estimate of drug-likeness (QED) is 0.670. The van der Waals surface area contributed by atoms with Crippen LogP contribution in [0.5, 0.6) is 0 Å². The Balaban J connectivity index is 2.16. The van der Waals surface area contributed by atoms with Crippen molar-refractivity contribution in [3.63, 3.8) is 0 Å². The fourth-order valence-electron chi connectivity index (χ4n) is 1.90. The Labute approximate surface area is 131 Å². The highest BCUT2D eigenvalue weighted by Gasteiger charge is 2.37. The molecular formula is C13H8F3N5O3. The third-order valence-corrected chi connectivity index (χ3v) is 3.03. The number of nitrogens with zero attached hydrogens (tertiary/aromatic N) is 5. The molecule has 0 saturated heterocycles. The van der Waals surface area contributed by atoms with E-state index < -0.39 is 17.6 Å². The number of hydrogen-bond acceptors (Lipinski definition) is 6. The van der Waals surface area contributed by atoms with Crippen molar-refractivity contribution in [2.45, 2.75) is 6.18 Å². The van der Waals surface area contributed by atoms with Gasteiger partial charge < -0.3 is 4.42 Å². The molecule has 0 spiro atoms. The molecule has 0 bridgehead atoms. The molecule has 3 heterocycles. The fourth-order valence-corrected chi connectivity index (χ4v) is 1.90. The Bertz CT molecular complexity index is 953. The van der Waals surface area contributed by atoms with Crippen LogP contribution in [0.4, 0.5) is 13.2 Å². The van der Waals surface area contributed by atoms with Crippen LogP contribution in [0.3, 0.4) is 0 Å². The lowest BCUT2D eigenvalue weighted by Gasteiger charge is -2.09. The van der Waals surface area contributed by atoms with E-state index >= 15 is 0 Å². The predicted molar refractivity (Wildman–Crippen MR) is 72.5 cm³/mol. The third-order valence-electron chi connectivity index (χ3n) is 3.03. The highest BCUT2D eigenvalue weighted by atomic mass is 19.4. The highest BCUT2D eigenvalue weighted by molar-refractivity contribution is 5.74. The van der Waals surface area contributed by atoms with Crippen molar-refractivity contribution in [3.05, 3.63) is 46.2 Å². The molecule has 124 valence electrons. The first-order valence-electron chi connectivity index (χ1n) is 6.43. The van der Waals surface area contributed by atoms with Crippen LogP contribution in [0.15, 0.2) is 33.6 Å². The summed E-state index contributed by atoms with van der Waals surface area (Å²) in [6.45, 7) is 0. The Kier molecular flexibility index (Phi) is 3.55. The SMILES string of the molecule is Cn1nc(-c2cc(C(F)(F)F)n(-c3ccc(C=O)cn3)n2)oc1=O. The summed E-state index contributed by atoms with van der Waals surface area (Å²) in [6, 6.07) is 3.21. The number of halogens is 3. The normalized spacial score (nSPS) is 11.7. The van der Waals surface area contributed by atoms with Crippen molar-refractivity contribution in [2.24, 2.45) is 7.05 Å². The molecule has 0 saturated carbocycles. The van der Waals surface area contributed by atoms with E-state index in [-0.39, 0.29) is 23.0 Å². The summed E-state index contributed by atoms with van der Waals surface area (Å²) in [5, 5.41) is 7.43. The summed E-state index contributed by atoms with van der Waals surface area (Å²) in [7, 11) is 1.29. The van der Waals surface area contributed by atoms with Crippen molar-refractivity contribution in [1.29, 1.82) is 0 Å². The van der Waals surface area contributed by atoms with E-state index in [9.17, 15) is 22.8 Å². The topological polar surface area (TPSA) is 95.8 Å². The lowest BCUT2D eigenvalue weighted by molar-refractivity contribution is -0.142. The van der Waals surface area contributed by atoms with Gasteiger partial charge in [-0.25, -0.2) is 14.5 Å². The lowest BCUT2D eigenvalue weighted by Crippen LogP contribution is -2.14. The Morgan fingerprint density at radius 1 is 1.25 bits per heavy atom. The van der Waals surface area contributed by atoms with Crippen molar-refractivity contribution >= 4 is 6.29 Å². The molecule has 0 atom stereocenters. The molecule has 0 amide bonds. The second kappa shape index (κ2) is 5.44. The van der Waals surface area contributed by atoms with E-state index in [2.05, 4.69) is 15.2 Å². The number of carbonyl (C=O) groups excluding carboxylic acids is 1. The molecule has 0 aliphatic rings. The van der Waals surface area contributed by atoms with Crippen molar-refractivity contribution in [3.8, 4) is 17.4 Å². The van der Waals surface area contributed by atoms with Gasteiger partial charge in [0.1, 0.15) is 0 Å². The molecular weight excluding hydrogens is 331 g/mol. The zero-order chi connectivity index (χ0) is 17.5. The van der Waals surface area contributed by atoms with Gasteiger partial charge in [-0.15, -0.1) is 5.10 Å². The van der Waals surface area contributed by atoms with Gasteiger partial charge in [0, 0.05) is 24.9 Å². The number of carbonyl (C=O) groups is 1. The lowest BCUT2D eigenvalue weighted by atomic mass is 10.3. The number of hydrogen-bond donors (Lipinski definition) is 0. The number of aryl methyl sites for hydroxylation is 1. The molecule has 0 radical (unpaired) electrons. The van der Waals surface area contributed by atoms with Gasteiger partial charge in [-0.3, -0.25) is 4.79 Å². The molecule has 0 N–H and O–H groups in total. The van der Waals surface area contributed by atoms with Gasteiger partial charge in [0.15, 0.2) is 23.5 Å². The number of alkyl halides is 3. The van der Waals surface area contributed by atoms with Crippen LogP contribution < -0.4 is 5.76 Å². The van der Waals surface area contributed by atoms with Gasteiger partial charge >= 0.3 is 11.9 Å². The summed E-state index contributed by atoms with van der Waals surface area (Å²) in [5.74, 6) is -1.34. The number of pyridine rings is 1. The molecule has 11 heteroatoms. The van der Waals surface area contributed by atoms with Gasteiger partial charge in [0.2, 0.25) is 0 Å². The Morgan fingerprint density at radius 2 is 2.00 bits per heavy atom. The predicted octanol–water partition coefficient (Wildman–Crippen LogP) is 1.45. The van der Waals surface area contributed by atoms with Crippen LogP contribution in [0.25, 0.3) is 17.4 Å². The Hall–Kier alpha value is -3.24. The molecule has 3 aromatic rings. The summed E-state index contributed by atoms with van der Waals surface area (Å²) in [4.78, 5) is 25.7. The standard InChI is InChI=1S/C13H8F3N5O3/c1-20-12(23)24-11(19-20)8-4-9(13(14,15)16)21(18-8)10-3-2-7(6-22)5-17-10/h2-6H,1H3. The van der Waals surface area contributed by atoms with Gasteiger partial charge in [-0.2, -0.15) is 23.0 Å². The zero-order valence-corrected chi connectivity index (χ0v) is 12.0. The van der Waals surface area contributed by atoms with Crippen LogP contribution in [0.2, 0.25) is 0 Å². The maximum absolute atomic E-state index is 13.2. The van der Waals surface area contributed by atoms with Gasteiger partial charge in [-0.05, 0) is 12.1 Å².